The first kappa shape index (κ1) is 19.0. The highest BCUT2D eigenvalue weighted by Gasteiger charge is 2.13. The lowest BCUT2D eigenvalue weighted by molar-refractivity contribution is -0.384. The van der Waals surface area contributed by atoms with Crippen molar-refractivity contribution in [3.8, 4) is 0 Å². The Bertz CT molecular complexity index is 955. The molecule has 0 aliphatic heterocycles. The van der Waals surface area contributed by atoms with Gasteiger partial charge in [-0.3, -0.25) is 14.9 Å². The zero-order valence-electron chi connectivity index (χ0n) is 13.6. The molecule has 0 atom stereocenters. The summed E-state index contributed by atoms with van der Waals surface area (Å²) in [4.78, 5) is 27.0. The third kappa shape index (κ3) is 4.02. The topological polar surface area (TPSA) is 85.1 Å². The Balaban J connectivity index is 0.00000225. The van der Waals surface area contributed by atoms with Crippen LogP contribution in [0, 0.1) is 24.0 Å². The minimum atomic E-state index is -0.511. The summed E-state index contributed by atoms with van der Waals surface area (Å²) in [6.45, 7) is 4.10. The first-order valence-electron chi connectivity index (χ1n) is 7.34. The molecular weight excluding hydrogens is 406 g/mol. The van der Waals surface area contributed by atoms with Gasteiger partial charge in [0.25, 0.3) is 5.69 Å². The lowest BCUT2D eigenvalue weighted by atomic mass is 10.1. The molecule has 0 amide bonds. The molecule has 0 aliphatic carbocycles. The molecule has 0 saturated carbocycles. The Hall–Kier alpha value is -2.32. The fourth-order valence-electron chi connectivity index (χ4n) is 2.35. The summed E-state index contributed by atoms with van der Waals surface area (Å²) < 4.78 is 1.06. The summed E-state index contributed by atoms with van der Waals surface area (Å²) in [7, 11) is 0. The molecule has 0 bridgehead atoms. The molecule has 3 rings (SSSR count). The molecule has 1 heterocycles. The number of carbonyl (C=O) groups is 1. The van der Waals surface area contributed by atoms with Gasteiger partial charge in [-0.25, -0.2) is 4.98 Å². The van der Waals surface area contributed by atoms with Gasteiger partial charge in [-0.05, 0) is 31.0 Å². The van der Waals surface area contributed by atoms with Gasteiger partial charge >= 0.3 is 0 Å². The van der Waals surface area contributed by atoms with Gasteiger partial charge in [-0.2, -0.15) is 0 Å². The van der Waals surface area contributed by atoms with E-state index in [4.69, 9.17) is 0 Å². The average Bonchev–Trinajstić information content (AvgIpc) is 3.00. The molecule has 0 saturated heterocycles. The van der Waals surface area contributed by atoms with E-state index in [0.717, 1.165) is 15.8 Å². The van der Waals surface area contributed by atoms with Crippen LogP contribution >= 0.6 is 11.3 Å². The number of hydrogen-bond donors (Lipinski definition) is 1. The van der Waals surface area contributed by atoms with Crippen LogP contribution < -0.4 is 22.3 Å². The van der Waals surface area contributed by atoms with E-state index in [1.165, 1.54) is 35.1 Å². The van der Waals surface area contributed by atoms with Crippen LogP contribution in [0.5, 0.6) is 0 Å². The predicted molar refractivity (Wildman–Crippen MR) is 95.0 cm³/mol. The van der Waals surface area contributed by atoms with Crippen molar-refractivity contribution in [1.82, 2.24) is 4.98 Å². The van der Waals surface area contributed by atoms with E-state index in [-0.39, 0.29) is 35.0 Å². The molecule has 6 nitrogen and oxygen atoms in total. The van der Waals surface area contributed by atoms with Crippen molar-refractivity contribution in [2.75, 3.05) is 11.9 Å². The molecule has 2 aromatic carbocycles. The van der Waals surface area contributed by atoms with Gasteiger partial charge in [0, 0.05) is 17.7 Å². The number of rotatable bonds is 5. The Morgan fingerprint density at radius 3 is 2.76 bits per heavy atom. The van der Waals surface area contributed by atoms with Crippen molar-refractivity contribution in [2.24, 2.45) is 0 Å². The Labute approximate surface area is 158 Å². The highest BCUT2D eigenvalue weighted by molar-refractivity contribution is 7.22. The van der Waals surface area contributed by atoms with Crippen LogP contribution in [0.2, 0.25) is 0 Å². The van der Waals surface area contributed by atoms with Crippen LogP contribution in [0.1, 0.15) is 21.5 Å². The zero-order chi connectivity index (χ0) is 17.3. The first-order valence-corrected chi connectivity index (χ1v) is 8.15. The number of hydrogen-bond acceptors (Lipinski definition) is 6. The molecule has 1 N–H and O–H groups in total. The monoisotopic (exact) mass is 420 g/mol. The number of non-ortho nitro benzene ring substituents is 1. The maximum atomic E-state index is 12.2. The molecule has 0 radical (unpaired) electrons. The summed E-state index contributed by atoms with van der Waals surface area (Å²) in [5.41, 5.74) is 3.45. The van der Waals surface area contributed by atoms with Gasteiger partial charge in [0.2, 0.25) is 0 Å². The number of thiazole rings is 1. The van der Waals surface area contributed by atoms with Crippen LogP contribution in [0.25, 0.3) is 10.2 Å². The fraction of sp³-hybridized carbons (Fsp3) is 0.176. The second-order valence-electron chi connectivity index (χ2n) is 5.46. The summed E-state index contributed by atoms with van der Waals surface area (Å²) in [5, 5.41) is 14.5. The van der Waals surface area contributed by atoms with E-state index in [2.05, 4.69) is 10.3 Å². The molecule has 8 heteroatoms. The van der Waals surface area contributed by atoms with Crippen LogP contribution in [-0.2, 0) is 0 Å². The predicted octanol–water partition coefficient (Wildman–Crippen LogP) is 1.12. The summed E-state index contributed by atoms with van der Waals surface area (Å²) in [5.74, 6) is -0.217. The van der Waals surface area contributed by atoms with E-state index in [0.29, 0.717) is 10.7 Å². The lowest BCUT2D eigenvalue weighted by Crippen LogP contribution is -3.00. The minimum absolute atomic E-state index is 0. The van der Waals surface area contributed by atoms with Gasteiger partial charge in [0.05, 0.1) is 21.7 Å². The molecular formula is C17H15BrN3O3S-. The Morgan fingerprint density at radius 1 is 1.28 bits per heavy atom. The number of benzene rings is 2. The summed E-state index contributed by atoms with van der Waals surface area (Å²) >= 11 is 1.48. The van der Waals surface area contributed by atoms with E-state index in [1.807, 2.05) is 26.0 Å². The maximum absolute atomic E-state index is 12.2. The lowest BCUT2D eigenvalue weighted by Gasteiger charge is -2.02. The SMILES string of the molecule is Cc1ccc2sc(NCC(=O)c3cccc([N+](=O)[O-])c3)nc2c1C.[Br-]. The largest absolute Gasteiger partial charge is 1.00 e. The van der Waals surface area contributed by atoms with Crippen molar-refractivity contribution >= 4 is 38.2 Å². The molecule has 0 aliphatic rings. The zero-order valence-corrected chi connectivity index (χ0v) is 16.0. The minimum Gasteiger partial charge on any atom is -1.00 e. The smallest absolute Gasteiger partial charge is 0.270 e. The molecule has 0 fully saturated rings. The second kappa shape index (κ2) is 7.71. The van der Waals surface area contributed by atoms with Crippen LogP contribution in [0.4, 0.5) is 10.8 Å². The quantitative estimate of drug-likeness (QED) is 0.379. The molecule has 1 aromatic heterocycles. The Morgan fingerprint density at radius 2 is 2.04 bits per heavy atom. The van der Waals surface area contributed by atoms with Crippen LogP contribution in [0.3, 0.4) is 0 Å². The van der Waals surface area contributed by atoms with Gasteiger partial charge in [-0.1, -0.05) is 29.5 Å². The number of nitro groups is 1. The van der Waals surface area contributed by atoms with Crippen LogP contribution in [0.15, 0.2) is 36.4 Å². The second-order valence-corrected chi connectivity index (χ2v) is 6.49. The van der Waals surface area contributed by atoms with Gasteiger partial charge in [0.15, 0.2) is 10.9 Å². The van der Waals surface area contributed by atoms with E-state index in [1.54, 1.807) is 6.07 Å². The standard InChI is InChI=1S/C17H15N3O3S.BrH/c1-10-6-7-15-16(11(10)2)19-17(24-15)18-9-14(21)12-4-3-5-13(8-12)20(22)23;/h3-8H,9H2,1-2H3,(H,18,19);1H/p-1. The summed E-state index contributed by atoms with van der Waals surface area (Å²) in [6, 6.07) is 9.80. The number of ketones is 1. The number of carbonyl (C=O) groups excluding carboxylic acids is 1. The third-order valence-corrected chi connectivity index (χ3v) is 4.84. The molecule has 0 unspecified atom stereocenters. The maximum Gasteiger partial charge on any atom is 0.270 e. The van der Waals surface area contributed by atoms with Crippen molar-refractivity contribution in [3.63, 3.8) is 0 Å². The Kier molecular flexibility index (Phi) is 5.86. The fourth-order valence-corrected chi connectivity index (χ4v) is 3.27. The number of halogens is 1. The van der Waals surface area contributed by atoms with E-state index < -0.39 is 4.92 Å². The van der Waals surface area contributed by atoms with E-state index >= 15 is 0 Å². The number of aromatic nitrogens is 1. The van der Waals surface area contributed by atoms with Crippen LogP contribution in [-0.4, -0.2) is 22.2 Å². The van der Waals surface area contributed by atoms with Gasteiger partial charge < -0.3 is 22.3 Å². The van der Waals surface area contributed by atoms with Gasteiger partial charge in [-0.15, -0.1) is 0 Å². The van der Waals surface area contributed by atoms with Crippen molar-refractivity contribution in [2.45, 2.75) is 13.8 Å². The van der Waals surface area contributed by atoms with Gasteiger partial charge in [0.1, 0.15) is 0 Å². The van der Waals surface area contributed by atoms with Crippen molar-refractivity contribution in [1.29, 1.82) is 0 Å². The molecule has 0 spiro atoms. The number of nitro benzene ring substituents is 1. The average molecular weight is 421 g/mol. The number of anilines is 1. The highest BCUT2D eigenvalue weighted by atomic mass is 79.9. The number of Topliss-reactive ketones (excluding diaryl/α,β-unsaturated/α-hetero) is 1. The van der Waals surface area contributed by atoms with Crippen molar-refractivity contribution < 1.29 is 26.7 Å². The summed E-state index contributed by atoms with van der Waals surface area (Å²) in [6.07, 6.45) is 0. The number of nitrogens with one attached hydrogen (secondary N) is 1. The number of fused-ring (bicyclic) bond motifs is 1. The molecule has 25 heavy (non-hydrogen) atoms. The normalized spacial score (nSPS) is 10.3. The highest BCUT2D eigenvalue weighted by Crippen LogP contribution is 2.29. The number of nitrogens with zero attached hydrogens (tertiary/aromatic N) is 2. The van der Waals surface area contributed by atoms with E-state index in [9.17, 15) is 14.9 Å². The first-order chi connectivity index (χ1) is 11.5. The molecule has 130 valence electrons. The number of aryl methyl sites for hydroxylation is 2. The third-order valence-electron chi connectivity index (χ3n) is 3.86. The van der Waals surface area contributed by atoms with Crippen molar-refractivity contribution in [3.05, 3.63) is 63.2 Å². The molecule has 3 aromatic rings.